The molecular formula is C17H18N6S. The fraction of sp³-hybridized carbons (Fsp3) is 0.529. The highest BCUT2D eigenvalue weighted by atomic mass is 32.1. The largest absolute Gasteiger partial charge is 0.354 e. The molecule has 3 fully saturated rings. The average Bonchev–Trinajstić information content (AvgIpc) is 3.04. The highest BCUT2D eigenvalue weighted by molar-refractivity contribution is 7.09. The van der Waals surface area contributed by atoms with Crippen molar-refractivity contribution in [1.82, 2.24) is 14.3 Å². The Kier molecular flexibility index (Phi) is 3.20. The smallest absolute Gasteiger partial charge is 0.205 e. The van der Waals surface area contributed by atoms with Gasteiger partial charge in [-0.1, -0.05) is 0 Å². The maximum atomic E-state index is 8.91. The lowest BCUT2D eigenvalue weighted by Crippen LogP contribution is -2.35. The molecule has 0 aromatic carbocycles. The predicted molar refractivity (Wildman–Crippen MR) is 92.3 cm³/mol. The van der Waals surface area contributed by atoms with Crippen LogP contribution in [0.4, 0.5) is 10.9 Å². The van der Waals surface area contributed by atoms with Gasteiger partial charge in [0.1, 0.15) is 17.7 Å². The molecule has 1 aliphatic carbocycles. The minimum absolute atomic E-state index is 0.502. The normalized spacial score (nSPS) is 25.8. The van der Waals surface area contributed by atoms with Crippen LogP contribution >= 0.6 is 11.5 Å². The number of hydrogen-bond donors (Lipinski definition) is 0. The zero-order valence-corrected chi connectivity index (χ0v) is 14.1. The standard InChI is InChI=1S/C17H18N6S/c18-7-11-1-4-15(19-8-11)22-9-13-5-6-23(14(13)10-22)17-20-16(21-24-17)12-2-3-12/h1,4,8,12-14H,2-3,5-6,9-10H2. The molecule has 2 aliphatic heterocycles. The third kappa shape index (κ3) is 2.33. The summed E-state index contributed by atoms with van der Waals surface area (Å²) in [4.78, 5) is 14.0. The zero-order valence-electron chi connectivity index (χ0n) is 13.3. The Bertz CT molecular complexity index is 790. The maximum absolute atomic E-state index is 8.91. The van der Waals surface area contributed by atoms with Gasteiger partial charge in [-0.3, -0.25) is 0 Å². The minimum Gasteiger partial charge on any atom is -0.354 e. The molecule has 0 spiro atoms. The molecule has 4 heterocycles. The molecule has 5 rings (SSSR count). The van der Waals surface area contributed by atoms with Crippen molar-refractivity contribution in [1.29, 1.82) is 5.26 Å². The quantitative estimate of drug-likeness (QED) is 0.856. The second-order valence-corrected chi connectivity index (χ2v) is 7.67. The first-order chi connectivity index (χ1) is 11.8. The van der Waals surface area contributed by atoms with E-state index in [1.54, 1.807) is 17.7 Å². The van der Waals surface area contributed by atoms with Crippen LogP contribution in [-0.4, -0.2) is 40.0 Å². The summed E-state index contributed by atoms with van der Waals surface area (Å²) in [6, 6.07) is 6.44. The van der Waals surface area contributed by atoms with Crippen molar-refractivity contribution in [3.63, 3.8) is 0 Å². The van der Waals surface area contributed by atoms with Crippen molar-refractivity contribution < 1.29 is 0 Å². The molecule has 3 aliphatic rings. The van der Waals surface area contributed by atoms with Gasteiger partial charge in [0.05, 0.1) is 11.6 Å². The molecule has 122 valence electrons. The van der Waals surface area contributed by atoms with E-state index in [1.807, 2.05) is 12.1 Å². The Morgan fingerprint density at radius 3 is 2.88 bits per heavy atom. The minimum atomic E-state index is 0.502. The SMILES string of the molecule is N#Cc1ccc(N2CC3CCN(c4nc(C5CC5)ns4)C3C2)nc1. The second kappa shape index (κ2) is 5.42. The Balaban J connectivity index is 1.33. The molecule has 2 saturated heterocycles. The van der Waals surface area contributed by atoms with Crippen molar-refractivity contribution in [2.75, 3.05) is 29.4 Å². The van der Waals surface area contributed by atoms with E-state index in [0.717, 1.165) is 36.4 Å². The molecule has 2 atom stereocenters. The van der Waals surface area contributed by atoms with Crippen molar-refractivity contribution in [3.05, 3.63) is 29.7 Å². The lowest BCUT2D eigenvalue weighted by atomic mass is 10.1. The van der Waals surface area contributed by atoms with E-state index in [4.69, 9.17) is 10.2 Å². The molecule has 2 unspecified atom stereocenters. The van der Waals surface area contributed by atoms with Crippen molar-refractivity contribution in [2.45, 2.75) is 31.2 Å². The number of fused-ring (bicyclic) bond motifs is 1. The number of nitriles is 1. The summed E-state index contributed by atoms with van der Waals surface area (Å²) >= 11 is 1.56. The topological polar surface area (TPSA) is 68.9 Å². The van der Waals surface area contributed by atoms with Gasteiger partial charge in [0.25, 0.3) is 0 Å². The van der Waals surface area contributed by atoms with E-state index in [0.29, 0.717) is 23.4 Å². The van der Waals surface area contributed by atoms with Gasteiger partial charge in [0, 0.05) is 49.2 Å². The van der Waals surface area contributed by atoms with Gasteiger partial charge >= 0.3 is 0 Å². The van der Waals surface area contributed by atoms with Crippen LogP contribution in [0.1, 0.15) is 36.6 Å². The van der Waals surface area contributed by atoms with Gasteiger partial charge in [0.15, 0.2) is 0 Å². The third-order valence-electron chi connectivity index (χ3n) is 5.37. The summed E-state index contributed by atoms with van der Waals surface area (Å²) in [5.74, 6) is 3.31. The van der Waals surface area contributed by atoms with E-state index >= 15 is 0 Å². The first-order valence-corrected chi connectivity index (χ1v) is 9.30. The van der Waals surface area contributed by atoms with Crippen LogP contribution in [0.25, 0.3) is 0 Å². The number of pyridine rings is 1. The molecule has 24 heavy (non-hydrogen) atoms. The van der Waals surface area contributed by atoms with Gasteiger partial charge in [0.2, 0.25) is 5.13 Å². The summed E-state index contributed by atoms with van der Waals surface area (Å²) < 4.78 is 4.57. The fourth-order valence-corrected chi connectivity index (χ4v) is 4.71. The highest BCUT2D eigenvalue weighted by Crippen LogP contribution is 2.42. The number of anilines is 2. The Hall–Kier alpha value is -2.20. The van der Waals surface area contributed by atoms with Crippen LogP contribution in [0.2, 0.25) is 0 Å². The Morgan fingerprint density at radius 1 is 1.21 bits per heavy atom. The summed E-state index contributed by atoms with van der Waals surface area (Å²) in [6.45, 7) is 3.10. The molecule has 1 saturated carbocycles. The molecule has 0 bridgehead atoms. The number of aromatic nitrogens is 3. The molecule has 0 amide bonds. The lowest BCUT2D eigenvalue weighted by Gasteiger charge is -2.24. The van der Waals surface area contributed by atoms with Crippen LogP contribution in [0.15, 0.2) is 18.3 Å². The predicted octanol–water partition coefficient (Wildman–Crippen LogP) is 2.40. The Morgan fingerprint density at radius 2 is 2.12 bits per heavy atom. The van der Waals surface area contributed by atoms with Crippen LogP contribution in [0, 0.1) is 17.2 Å². The van der Waals surface area contributed by atoms with E-state index in [2.05, 4.69) is 25.2 Å². The molecule has 2 aromatic rings. The average molecular weight is 338 g/mol. The first kappa shape index (κ1) is 14.2. The van der Waals surface area contributed by atoms with Crippen molar-refractivity contribution >= 4 is 22.5 Å². The van der Waals surface area contributed by atoms with Crippen molar-refractivity contribution in [2.24, 2.45) is 5.92 Å². The number of rotatable bonds is 3. The highest BCUT2D eigenvalue weighted by Gasteiger charge is 2.43. The molecule has 0 N–H and O–H groups in total. The third-order valence-corrected chi connectivity index (χ3v) is 6.14. The van der Waals surface area contributed by atoms with Crippen LogP contribution in [0.5, 0.6) is 0 Å². The second-order valence-electron chi connectivity index (χ2n) is 6.94. The summed E-state index contributed by atoms with van der Waals surface area (Å²) in [5, 5.41) is 10.0. The van der Waals surface area contributed by atoms with E-state index in [9.17, 15) is 0 Å². The van der Waals surface area contributed by atoms with Crippen molar-refractivity contribution in [3.8, 4) is 6.07 Å². The monoisotopic (exact) mass is 338 g/mol. The number of hydrogen-bond acceptors (Lipinski definition) is 7. The molecule has 0 radical (unpaired) electrons. The summed E-state index contributed by atoms with van der Waals surface area (Å²) in [7, 11) is 0. The maximum Gasteiger partial charge on any atom is 0.205 e. The van der Waals surface area contributed by atoms with E-state index < -0.39 is 0 Å². The van der Waals surface area contributed by atoms with Gasteiger partial charge in [-0.15, -0.1) is 0 Å². The van der Waals surface area contributed by atoms with Gasteiger partial charge in [-0.2, -0.15) is 9.64 Å². The molecule has 6 nitrogen and oxygen atoms in total. The zero-order chi connectivity index (χ0) is 16.1. The molecule has 2 aromatic heterocycles. The summed E-state index contributed by atoms with van der Waals surface area (Å²) in [6.07, 6.45) is 5.37. The van der Waals surface area contributed by atoms with Crippen LogP contribution in [0.3, 0.4) is 0 Å². The van der Waals surface area contributed by atoms with Gasteiger partial charge in [-0.05, 0) is 31.4 Å². The van der Waals surface area contributed by atoms with E-state index in [1.165, 1.54) is 19.3 Å². The fourth-order valence-electron chi connectivity index (χ4n) is 3.88. The first-order valence-electron chi connectivity index (χ1n) is 8.53. The van der Waals surface area contributed by atoms with Crippen LogP contribution in [-0.2, 0) is 0 Å². The van der Waals surface area contributed by atoms with E-state index in [-0.39, 0.29) is 0 Å². The van der Waals surface area contributed by atoms with Crippen LogP contribution < -0.4 is 9.80 Å². The van der Waals surface area contributed by atoms with Gasteiger partial charge in [-0.25, -0.2) is 9.97 Å². The number of nitrogens with zero attached hydrogens (tertiary/aromatic N) is 6. The lowest BCUT2D eigenvalue weighted by molar-refractivity contribution is 0.580. The Labute approximate surface area is 144 Å². The summed E-state index contributed by atoms with van der Waals surface area (Å²) in [5.41, 5.74) is 0.612. The molecular weight excluding hydrogens is 320 g/mol. The van der Waals surface area contributed by atoms with Gasteiger partial charge < -0.3 is 9.80 Å². The molecule has 7 heteroatoms.